The van der Waals surface area contributed by atoms with Crippen LogP contribution in [0.25, 0.3) is 17.0 Å². The van der Waals surface area contributed by atoms with E-state index in [9.17, 15) is 14.9 Å². The first kappa shape index (κ1) is 12.8. The summed E-state index contributed by atoms with van der Waals surface area (Å²) >= 11 is 0. The molecule has 0 unspecified atom stereocenters. The van der Waals surface area contributed by atoms with E-state index in [0.717, 1.165) is 17.1 Å². The molecule has 1 aromatic heterocycles. The zero-order valence-electron chi connectivity index (χ0n) is 10.4. The summed E-state index contributed by atoms with van der Waals surface area (Å²) in [5.41, 5.74) is 4.20. The summed E-state index contributed by atoms with van der Waals surface area (Å²) in [7, 11) is 0. The first-order valence-corrected chi connectivity index (χ1v) is 5.83. The second-order valence-corrected chi connectivity index (χ2v) is 3.96. The number of para-hydroxylation sites is 1. The molecule has 19 heavy (non-hydrogen) atoms. The second-order valence-electron chi connectivity index (χ2n) is 3.96. The molecule has 0 bridgehead atoms. The van der Waals surface area contributed by atoms with Crippen LogP contribution in [-0.4, -0.2) is 15.5 Å². The van der Waals surface area contributed by atoms with Gasteiger partial charge < -0.3 is 0 Å². The van der Waals surface area contributed by atoms with Crippen molar-refractivity contribution in [2.75, 3.05) is 5.43 Å². The van der Waals surface area contributed by atoms with Gasteiger partial charge in [-0.2, -0.15) is 0 Å². The number of hydrogen-bond donors (Lipinski definition) is 1. The van der Waals surface area contributed by atoms with E-state index >= 15 is 0 Å². The molecular formula is C13H13N3O3. The Hall–Kier alpha value is -2.63. The molecule has 98 valence electrons. The van der Waals surface area contributed by atoms with Gasteiger partial charge >= 0.3 is 0 Å². The Morgan fingerprint density at radius 3 is 2.89 bits per heavy atom. The Labute approximate surface area is 109 Å². The van der Waals surface area contributed by atoms with Crippen molar-refractivity contribution in [3.8, 4) is 0 Å². The molecule has 0 atom stereocenters. The van der Waals surface area contributed by atoms with Crippen molar-refractivity contribution in [3.63, 3.8) is 0 Å². The third-order valence-electron chi connectivity index (χ3n) is 2.68. The van der Waals surface area contributed by atoms with E-state index in [1.165, 1.54) is 6.08 Å². The Balaban J connectivity index is 2.48. The number of benzene rings is 1. The van der Waals surface area contributed by atoms with Crippen LogP contribution in [-0.2, 0) is 4.79 Å². The molecule has 1 N–H and O–H groups in total. The van der Waals surface area contributed by atoms with Gasteiger partial charge in [-0.1, -0.05) is 25.1 Å². The minimum atomic E-state index is -0.517. The lowest BCUT2D eigenvalue weighted by atomic mass is 10.2. The topological polar surface area (TPSA) is 77.2 Å². The van der Waals surface area contributed by atoms with Gasteiger partial charge in [0.15, 0.2) is 0 Å². The van der Waals surface area contributed by atoms with Gasteiger partial charge in [-0.05, 0) is 6.07 Å². The SMILES string of the molecule is CCC(=O)Nn1cc(C=C[N+](=O)[O-])c2ccccc21. The van der Waals surface area contributed by atoms with Gasteiger partial charge in [-0.3, -0.25) is 25.0 Å². The van der Waals surface area contributed by atoms with Gasteiger partial charge in [-0.25, -0.2) is 0 Å². The Bertz CT molecular complexity index is 658. The highest BCUT2D eigenvalue weighted by Gasteiger charge is 2.08. The molecule has 0 spiro atoms. The van der Waals surface area contributed by atoms with E-state index in [-0.39, 0.29) is 5.91 Å². The summed E-state index contributed by atoms with van der Waals surface area (Å²) in [6.45, 7) is 1.76. The highest BCUT2D eigenvalue weighted by Crippen LogP contribution is 2.21. The number of carbonyl (C=O) groups is 1. The fourth-order valence-corrected chi connectivity index (χ4v) is 1.79. The number of nitro groups is 1. The zero-order chi connectivity index (χ0) is 13.8. The van der Waals surface area contributed by atoms with Crippen LogP contribution in [0.15, 0.2) is 36.7 Å². The van der Waals surface area contributed by atoms with Crippen LogP contribution in [0.1, 0.15) is 18.9 Å². The molecule has 0 aliphatic carbocycles. The highest BCUT2D eigenvalue weighted by atomic mass is 16.6. The summed E-state index contributed by atoms with van der Waals surface area (Å²) < 4.78 is 1.58. The summed E-state index contributed by atoms with van der Waals surface area (Å²) in [5.74, 6) is -0.120. The summed E-state index contributed by atoms with van der Waals surface area (Å²) in [4.78, 5) is 21.3. The zero-order valence-corrected chi connectivity index (χ0v) is 10.4. The first-order valence-electron chi connectivity index (χ1n) is 5.83. The van der Waals surface area contributed by atoms with Gasteiger partial charge in [0.2, 0.25) is 12.1 Å². The molecule has 1 heterocycles. The Morgan fingerprint density at radius 1 is 1.47 bits per heavy atom. The molecule has 0 radical (unpaired) electrons. The van der Waals surface area contributed by atoms with Crippen molar-refractivity contribution >= 4 is 22.9 Å². The number of nitrogens with one attached hydrogen (secondary N) is 1. The molecule has 0 aliphatic heterocycles. The number of carbonyl (C=O) groups excluding carboxylic acids is 1. The van der Waals surface area contributed by atoms with E-state index < -0.39 is 4.92 Å². The van der Waals surface area contributed by atoms with Crippen LogP contribution in [0.4, 0.5) is 0 Å². The summed E-state index contributed by atoms with van der Waals surface area (Å²) in [6.07, 6.45) is 4.33. The fourth-order valence-electron chi connectivity index (χ4n) is 1.79. The van der Waals surface area contributed by atoms with E-state index in [0.29, 0.717) is 12.0 Å². The van der Waals surface area contributed by atoms with Crippen molar-refractivity contribution in [2.24, 2.45) is 0 Å². The third-order valence-corrected chi connectivity index (χ3v) is 2.68. The van der Waals surface area contributed by atoms with E-state index in [1.807, 2.05) is 24.3 Å². The van der Waals surface area contributed by atoms with Crippen molar-refractivity contribution in [2.45, 2.75) is 13.3 Å². The predicted octanol–water partition coefficient (Wildman–Crippen LogP) is 2.37. The van der Waals surface area contributed by atoms with Crippen LogP contribution in [0, 0.1) is 10.1 Å². The lowest BCUT2D eigenvalue weighted by Gasteiger charge is -2.05. The maximum absolute atomic E-state index is 11.4. The van der Waals surface area contributed by atoms with Gasteiger partial charge in [0.1, 0.15) is 0 Å². The largest absolute Gasteiger partial charge is 0.273 e. The monoisotopic (exact) mass is 259 g/mol. The molecule has 6 heteroatoms. The minimum absolute atomic E-state index is 0.120. The van der Waals surface area contributed by atoms with Crippen LogP contribution in [0.3, 0.4) is 0 Å². The average molecular weight is 259 g/mol. The number of fused-ring (bicyclic) bond motifs is 1. The molecule has 0 saturated heterocycles. The smallest absolute Gasteiger partial charge is 0.238 e. The minimum Gasteiger partial charge on any atom is -0.273 e. The van der Waals surface area contributed by atoms with Gasteiger partial charge in [0.25, 0.3) is 0 Å². The number of nitrogens with zero attached hydrogens (tertiary/aromatic N) is 2. The predicted molar refractivity (Wildman–Crippen MR) is 72.6 cm³/mol. The van der Waals surface area contributed by atoms with Crippen molar-refractivity contribution < 1.29 is 9.72 Å². The second kappa shape index (κ2) is 5.34. The molecule has 2 rings (SSSR count). The van der Waals surface area contributed by atoms with Crippen LogP contribution in [0.5, 0.6) is 0 Å². The normalized spacial score (nSPS) is 11.0. The average Bonchev–Trinajstić information content (AvgIpc) is 2.75. The molecular weight excluding hydrogens is 246 g/mol. The maximum Gasteiger partial charge on any atom is 0.238 e. The number of amides is 1. The lowest BCUT2D eigenvalue weighted by Crippen LogP contribution is -2.20. The molecule has 1 amide bonds. The first-order chi connectivity index (χ1) is 9.11. The maximum atomic E-state index is 11.4. The fraction of sp³-hybridized carbons (Fsp3) is 0.154. The lowest BCUT2D eigenvalue weighted by molar-refractivity contribution is -0.400. The van der Waals surface area contributed by atoms with Gasteiger partial charge in [-0.15, -0.1) is 0 Å². The molecule has 1 aromatic carbocycles. The Morgan fingerprint density at radius 2 is 2.21 bits per heavy atom. The van der Waals surface area contributed by atoms with Crippen molar-refractivity contribution in [1.82, 2.24) is 4.68 Å². The van der Waals surface area contributed by atoms with Crippen LogP contribution < -0.4 is 5.43 Å². The number of aromatic nitrogens is 1. The summed E-state index contributed by atoms with van der Waals surface area (Å²) in [6, 6.07) is 7.38. The Kier molecular flexibility index (Phi) is 3.61. The summed E-state index contributed by atoms with van der Waals surface area (Å²) in [5, 5.41) is 11.2. The van der Waals surface area contributed by atoms with E-state index in [1.54, 1.807) is 17.8 Å². The third kappa shape index (κ3) is 2.79. The molecule has 2 aromatic rings. The van der Waals surface area contributed by atoms with Crippen LogP contribution in [0.2, 0.25) is 0 Å². The highest BCUT2D eigenvalue weighted by molar-refractivity contribution is 5.92. The number of rotatable bonds is 4. The van der Waals surface area contributed by atoms with E-state index in [2.05, 4.69) is 5.43 Å². The molecule has 0 aliphatic rings. The molecule has 0 fully saturated rings. The van der Waals surface area contributed by atoms with Crippen molar-refractivity contribution in [1.29, 1.82) is 0 Å². The number of hydrogen-bond acceptors (Lipinski definition) is 3. The van der Waals surface area contributed by atoms with Gasteiger partial charge in [0, 0.05) is 29.6 Å². The molecule has 0 saturated carbocycles. The van der Waals surface area contributed by atoms with Crippen molar-refractivity contribution in [3.05, 3.63) is 52.3 Å². The standard InChI is InChI=1S/C13H13N3O3/c1-2-13(17)14-15-9-10(7-8-16(18)19)11-5-3-4-6-12(11)15/h3-9H,2H2,1H3,(H,14,17). The van der Waals surface area contributed by atoms with E-state index in [4.69, 9.17) is 0 Å². The van der Waals surface area contributed by atoms with Gasteiger partial charge in [0.05, 0.1) is 10.4 Å². The quantitative estimate of drug-likeness (QED) is 0.676. The van der Waals surface area contributed by atoms with Crippen LogP contribution >= 0.6 is 0 Å². The molecule has 6 nitrogen and oxygen atoms in total.